The first kappa shape index (κ1) is 25.7. The van der Waals surface area contributed by atoms with E-state index < -0.39 is 12.1 Å². The lowest BCUT2D eigenvalue weighted by Gasteiger charge is -2.21. The number of benzene rings is 3. The van der Waals surface area contributed by atoms with E-state index in [0.29, 0.717) is 48.9 Å². The molecule has 3 amide bonds. The fraction of sp³-hybridized carbons (Fsp3) is 0.300. The molecule has 2 N–H and O–H groups in total. The van der Waals surface area contributed by atoms with Crippen molar-refractivity contribution in [3.05, 3.63) is 88.5 Å². The van der Waals surface area contributed by atoms with Gasteiger partial charge in [0.05, 0.1) is 32.9 Å². The van der Waals surface area contributed by atoms with E-state index in [2.05, 4.69) is 10.6 Å². The topological polar surface area (TPSA) is 115 Å². The molecule has 4 heterocycles. The molecule has 3 aromatic rings. The second-order valence-corrected chi connectivity index (χ2v) is 9.96. The van der Waals surface area contributed by atoms with Crippen LogP contribution in [0, 0.1) is 0 Å². The lowest BCUT2D eigenvalue weighted by atomic mass is 10.0. The maximum Gasteiger partial charge on any atom is 0.258 e. The van der Waals surface area contributed by atoms with Crippen molar-refractivity contribution in [2.75, 3.05) is 26.8 Å². The standard InChI is InChI=1S/C30H29N3O7/c1-37-25-10-7-19-11-26(25)39-17-28(34)31-12-18-5-8-21(9-6-18)40-27-14-33(13-24(27)32-29(19)35)30(36)22-4-2-3-20-15-38-16-23(20)22/h2-11,24,27H,12-17H2,1H3,(H,31,34)(H,32,35)/t24-,27-/m0/s1. The van der Waals surface area contributed by atoms with E-state index in [1.54, 1.807) is 17.0 Å². The van der Waals surface area contributed by atoms with Gasteiger partial charge in [0.2, 0.25) is 0 Å². The lowest BCUT2D eigenvalue weighted by molar-refractivity contribution is -0.123. The molecule has 2 atom stereocenters. The van der Waals surface area contributed by atoms with Gasteiger partial charge in [-0.05, 0) is 53.1 Å². The van der Waals surface area contributed by atoms with Crippen LogP contribution in [-0.2, 0) is 29.3 Å². The largest absolute Gasteiger partial charge is 0.493 e. The van der Waals surface area contributed by atoms with Crippen molar-refractivity contribution in [1.82, 2.24) is 15.5 Å². The van der Waals surface area contributed by atoms with Crippen LogP contribution in [0.3, 0.4) is 0 Å². The zero-order valence-electron chi connectivity index (χ0n) is 22.0. The number of carbonyl (C=O) groups excluding carboxylic acids is 3. The molecule has 40 heavy (non-hydrogen) atoms. The minimum atomic E-state index is -0.490. The van der Waals surface area contributed by atoms with E-state index in [4.69, 9.17) is 18.9 Å². The summed E-state index contributed by atoms with van der Waals surface area (Å²) in [5.74, 6) is 0.476. The average Bonchev–Trinajstić information content (AvgIpc) is 3.62. The van der Waals surface area contributed by atoms with Gasteiger partial charge in [0.1, 0.15) is 11.9 Å². The van der Waals surface area contributed by atoms with Gasteiger partial charge in [-0.2, -0.15) is 0 Å². The van der Waals surface area contributed by atoms with Crippen LogP contribution in [-0.4, -0.2) is 61.6 Å². The Balaban J connectivity index is 1.30. The van der Waals surface area contributed by atoms with E-state index in [1.165, 1.54) is 13.2 Å². The highest BCUT2D eigenvalue weighted by atomic mass is 16.5. The molecule has 0 saturated carbocycles. The predicted molar refractivity (Wildman–Crippen MR) is 143 cm³/mol. The number of hydrogen-bond donors (Lipinski definition) is 2. The molecule has 0 aliphatic carbocycles. The number of nitrogens with zero attached hydrogens (tertiary/aromatic N) is 1. The Bertz CT molecular complexity index is 1460. The molecule has 10 heteroatoms. The van der Waals surface area contributed by atoms with Crippen LogP contribution in [0.4, 0.5) is 0 Å². The Morgan fingerprint density at radius 2 is 1.85 bits per heavy atom. The Morgan fingerprint density at radius 3 is 2.67 bits per heavy atom. The van der Waals surface area contributed by atoms with Gasteiger partial charge in [-0.3, -0.25) is 14.4 Å². The van der Waals surface area contributed by atoms with Crippen molar-refractivity contribution in [1.29, 1.82) is 0 Å². The normalized spacial score (nSPS) is 20.4. The molecule has 4 bridgehead atoms. The summed E-state index contributed by atoms with van der Waals surface area (Å²) in [5.41, 5.74) is 3.75. The highest BCUT2D eigenvalue weighted by Gasteiger charge is 2.39. The van der Waals surface area contributed by atoms with Crippen LogP contribution in [0.25, 0.3) is 0 Å². The Hall–Kier alpha value is -4.57. The van der Waals surface area contributed by atoms with E-state index in [9.17, 15) is 14.4 Å². The zero-order valence-corrected chi connectivity index (χ0v) is 22.0. The molecule has 0 spiro atoms. The van der Waals surface area contributed by atoms with Crippen LogP contribution in [0.5, 0.6) is 17.2 Å². The van der Waals surface area contributed by atoms with Gasteiger partial charge >= 0.3 is 0 Å². The van der Waals surface area contributed by atoms with Gasteiger partial charge in [0, 0.05) is 24.2 Å². The lowest BCUT2D eigenvalue weighted by Crippen LogP contribution is -2.45. The summed E-state index contributed by atoms with van der Waals surface area (Å²) in [6, 6.07) is 17.3. The number of methoxy groups -OCH3 is 1. The summed E-state index contributed by atoms with van der Waals surface area (Å²) < 4.78 is 22.9. The molecule has 10 nitrogen and oxygen atoms in total. The summed E-state index contributed by atoms with van der Waals surface area (Å²) in [5, 5.41) is 5.87. The number of fused-ring (bicyclic) bond motifs is 8. The van der Waals surface area contributed by atoms with Crippen LogP contribution in [0.1, 0.15) is 37.4 Å². The molecule has 1 saturated heterocycles. The number of ether oxygens (including phenoxy) is 4. The van der Waals surface area contributed by atoms with E-state index in [-0.39, 0.29) is 36.6 Å². The first-order valence-corrected chi connectivity index (χ1v) is 13.1. The minimum absolute atomic E-state index is 0.124. The molecule has 4 aliphatic rings. The number of amides is 3. The predicted octanol–water partition coefficient (Wildman–Crippen LogP) is 2.44. The van der Waals surface area contributed by atoms with E-state index in [1.807, 2.05) is 42.5 Å². The first-order valence-electron chi connectivity index (χ1n) is 13.1. The molecule has 3 aromatic carbocycles. The molecule has 4 aliphatic heterocycles. The maximum absolute atomic E-state index is 13.6. The van der Waals surface area contributed by atoms with Crippen LogP contribution >= 0.6 is 0 Å². The van der Waals surface area contributed by atoms with Gasteiger partial charge in [-0.1, -0.05) is 24.3 Å². The fourth-order valence-corrected chi connectivity index (χ4v) is 5.21. The highest BCUT2D eigenvalue weighted by molar-refractivity contribution is 5.97. The van der Waals surface area contributed by atoms with Gasteiger partial charge in [0.25, 0.3) is 17.7 Å². The second-order valence-electron chi connectivity index (χ2n) is 9.96. The average molecular weight is 544 g/mol. The summed E-state index contributed by atoms with van der Waals surface area (Å²) in [4.78, 5) is 41.1. The monoisotopic (exact) mass is 543 g/mol. The van der Waals surface area contributed by atoms with Crippen molar-refractivity contribution in [3.8, 4) is 17.2 Å². The van der Waals surface area contributed by atoms with Crippen molar-refractivity contribution in [3.63, 3.8) is 0 Å². The molecule has 0 unspecified atom stereocenters. The Morgan fingerprint density at radius 1 is 1.00 bits per heavy atom. The summed E-state index contributed by atoms with van der Waals surface area (Å²) in [6.45, 7) is 1.55. The summed E-state index contributed by atoms with van der Waals surface area (Å²) >= 11 is 0. The van der Waals surface area contributed by atoms with Crippen molar-refractivity contribution in [2.24, 2.45) is 0 Å². The first-order chi connectivity index (χ1) is 19.5. The third-order valence-electron chi connectivity index (χ3n) is 7.36. The van der Waals surface area contributed by atoms with Gasteiger partial charge < -0.3 is 34.5 Å². The molecular weight excluding hydrogens is 514 g/mol. The fourth-order valence-electron chi connectivity index (χ4n) is 5.21. The third kappa shape index (κ3) is 5.17. The summed E-state index contributed by atoms with van der Waals surface area (Å²) in [7, 11) is 1.49. The van der Waals surface area contributed by atoms with Crippen molar-refractivity contribution < 1.29 is 33.3 Å². The number of nitrogens with one attached hydrogen (secondary N) is 2. The zero-order chi connectivity index (χ0) is 27.6. The number of likely N-dealkylation sites (tertiary alicyclic amines) is 1. The number of hydrogen-bond acceptors (Lipinski definition) is 7. The maximum atomic E-state index is 13.6. The molecule has 206 valence electrons. The smallest absolute Gasteiger partial charge is 0.258 e. The third-order valence-corrected chi connectivity index (χ3v) is 7.36. The molecule has 0 aromatic heterocycles. The van der Waals surface area contributed by atoms with Crippen LogP contribution < -0.4 is 24.8 Å². The molecule has 0 radical (unpaired) electrons. The van der Waals surface area contributed by atoms with Gasteiger partial charge in [-0.15, -0.1) is 0 Å². The number of rotatable bonds is 2. The Labute approximate surface area is 231 Å². The minimum Gasteiger partial charge on any atom is -0.493 e. The number of carbonyl (C=O) groups is 3. The molecule has 7 rings (SSSR count). The van der Waals surface area contributed by atoms with Crippen molar-refractivity contribution in [2.45, 2.75) is 31.9 Å². The van der Waals surface area contributed by atoms with E-state index >= 15 is 0 Å². The Kier molecular flexibility index (Phi) is 7.00. The highest BCUT2D eigenvalue weighted by Crippen LogP contribution is 2.30. The van der Waals surface area contributed by atoms with Gasteiger partial charge in [0.15, 0.2) is 18.1 Å². The second kappa shape index (κ2) is 10.9. The SMILES string of the molecule is COc1ccc2cc1OCC(=O)NCc1ccc(cc1)O[C@H]1CN(C(=O)c3cccc4c3COC4)C[C@@H]1NC2=O. The molecule has 1 fully saturated rings. The summed E-state index contributed by atoms with van der Waals surface area (Å²) in [6.07, 6.45) is -0.490. The van der Waals surface area contributed by atoms with Crippen LogP contribution in [0.2, 0.25) is 0 Å². The van der Waals surface area contributed by atoms with Crippen molar-refractivity contribution >= 4 is 17.7 Å². The van der Waals surface area contributed by atoms with Crippen LogP contribution in [0.15, 0.2) is 60.7 Å². The molecular formula is C30H29N3O7. The quantitative estimate of drug-likeness (QED) is 0.510. The van der Waals surface area contributed by atoms with E-state index in [0.717, 1.165) is 16.7 Å². The van der Waals surface area contributed by atoms with Gasteiger partial charge in [-0.25, -0.2) is 0 Å².